The largest absolute Gasteiger partial charge is 0.492 e. The minimum atomic E-state index is -0.579. The number of likely N-dealkylation sites (N-methyl/N-ethyl adjacent to an activating group) is 1. The highest BCUT2D eigenvalue weighted by Crippen LogP contribution is 2.10. The van der Waals surface area contributed by atoms with Crippen LogP contribution in [0.2, 0.25) is 0 Å². The Labute approximate surface area is 155 Å². The van der Waals surface area contributed by atoms with Crippen LogP contribution in [0.4, 0.5) is 0 Å². The number of hydrogen-bond acceptors (Lipinski definition) is 3. The van der Waals surface area contributed by atoms with Crippen LogP contribution in [0, 0.1) is 5.92 Å². The summed E-state index contributed by atoms with van der Waals surface area (Å²) in [7, 11) is 1.72. The second-order valence-corrected chi connectivity index (χ2v) is 6.48. The van der Waals surface area contributed by atoms with Crippen LogP contribution in [0.5, 0.6) is 5.75 Å². The van der Waals surface area contributed by atoms with Crippen molar-refractivity contribution in [2.45, 2.75) is 19.9 Å². The molecule has 0 saturated heterocycles. The fourth-order valence-corrected chi connectivity index (χ4v) is 2.49. The van der Waals surface area contributed by atoms with Crippen molar-refractivity contribution in [1.29, 1.82) is 0 Å². The summed E-state index contributed by atoms with van der Waals surface area (Å²) in [5.74, 6) is 0.381. The van der Waals surface area contributed by atoms with Crippen molar-refractivity contribution in [3.8, 4) is 5.75 Å². The van der Waals surface area contributed by atoms with Gasteiger partial charge in [0, 0.05) is 12.6 Å². The molecule has 1 atom stereocenters. The topological polar surface area (TPSA) is 58.6 Å². The van der Waals surface area contributed by atoms with E-state index < -0.39 is 6.04 Å². The van der Waals surface area contributed by atoms with Gasteiger partial charge in [0.2, 0.25) is 5.91 Å². The van der Waals surface area contributed by atoms with E-state index >= 15 is 0 Å². The summed E-state index contributed by atoms with van der Waals surface area (Å²) >= 11 is 0. The van der Waals surface area contributed by atoms with Crippen LogP contribution in [0.3, 0.4) is 0 Å². The Morgan fingerprint density at radius 2 is 1.58 bits per heavy atom. The Kier molecular flexibility index (Phi) is 7.21. The molecule has 0 saturated carbocycles. The van der Waals surface area contributed by atoms with Crippen molar-refractivity contribution in [2.75, 3.05) is 20.2 Å². The number of rotatable bonds is 8. The molecule has 1 unspecified atom stereocenters. The first-order chi connectivity index (χ1) is 12.5. The van der Waals surface area contributed by atoms with Gasteiger partial charge in [-0.15, -0.1) is 0 Å². The van der Waals surface area contributed by atoms with Gasteiger partial charge in [0.15, 0.2) is 0 Å². The summed E-state index contributed by atoms with van der Waals surface area (Å²) < 4.78 is 5.64. The third kappa shape index (κ3) is 5.62. The molecule has 26 heavy (non-hydrogen) atoms. The maximum Gasteiger partial charge on any atom is 0.251 e. The van der Waals surface area contributed by atoms with Crippen molar-refractivity contribution in [2.24, 2.45) is 5.92 Å². The van der Waals surface area contributed by atoms with Gasteiger partial charge < -0.3 is 15.0 Å². The molecule has 2 aromatic rings. The van der Waals surface area contributed by atoms with Crippen LogP contribution in [-0.2, 0) is 4.79 Å². The molecule has 0 fully saturated rings. The molecule has 2 amide bonds. The average molecular weight is 354 g/mol. The maximum absolute atomic E-state index is 12.7. The van der Waals surface area contributed by atoms with E-state index in [1.165, 1.54) is 0 Å². The maximum atomic E-state index is 12.7. The van der Waals surface area contributed by atoms with Gasteiger partial charge in [0.1, 0.15) is 18.4 Å². The summed E-state index contributed by atoms with van der Waals surface area (Å²) in [6, 6.07) is 17.8. The fraction of sp³-hybridized carbons (Fsp3) is 0.333. The Balaban J connectivity index is 1.91. The normalized spacial score (nSPS) is 11.7. The molecular formula is C21H26N2O3. The lowest BCUT2D eigenvalue weighted by atomic mass is 10.0. The van der Waals surface area contributed by atoms with Crippen molar-refractivity contribution in [1.82, 2.24) is 10.2 Å². The van der Waals surface area contributed by atoms with Gasteiger partial charge in [-0.1, -0.05) is 50.2 Å². The van der Waals surface area contributed by atoms with Gasteiger partial charge in [-0.3, -0.25) is 9.59 Å². The van der Waals surface area contributed by atoms with Gasteiger partial charge in [-0.2, -0.15) is 0 Å². The van der Waals surface area contributed by atoms with E-state index in [4.69, 9.17) is 4.74 Å². The highest BCUT2D eigenvalue weighted by atomic mass is 16.5. The van der Waals surface area contributed by atoms with Crippen LogP contribution >= 0.6 is 0 Å². The number of carbonyl (C=O) groups is 2. The van der Waals surface area contributed by atoms with E-state index in [1.54, 1.807) is 36.2 Å². The predicted molar refractivity (Wildman–Crippen MR) is 102 cm³/mol. The van der Waals surface area contributed by atoms with Gasteiger partial charge in [-0.05, 0) is 30.2 Å². The molecule has 5 nitrogen and oxygen atoms in total. The lowest BCUT2D eigenvalue weighted by molar-refractivity contribution is -0.133. The number of benzene rings is 2. The lowest BCUT2D eigenvalue weighted by Gasteiger charge is -2.27. The standard InChI is InChI=1S/C21H26N2O3/c1-16(2)19(22-20(24)17-10-6-4-7-11-17)21(25)23(3)14-15-26-18-12-8-5-9-13-18/h4-13,16,19H,14-15H2,1-3H3,(H,22,24). The van der Waals surface area contributed by atoms with Crippen molar-refractivity contribution < 1.29 is 14.3 Å². The molecule has 2 aromatic carbocycles. The first kappa shape index (κ1) is 19.5. The van der Waals surface area contributed by atoms with Gasteiger partial charge in [-0.25, -0.2) is 0 Å². The third-order valence-electron chi connectivity index (χ3n) is 4.07. The summed E-state index contributed by atoms with van der Waals surface area (Å²) in [5, 5.41) is 2.85. The van der Waals surface area contributed by atoms with Gasteiger partial charge in [0.05, 0.1) is 6.54 Å². The smallest absolute Gasteiger partial charge is 0.251 e. The zero-order valence-corrected chi connectivity index (χ0v) is 15.5. The molecule has 0 radical (unpaired) electrons. The molecule has 0 aliphatic carbocycles. The number of amides is 2. The third-order valence-corrected chi connectivity index (χ3v) is 4.07. The SMILES string of the molecule is CC(C)C(NC(=O)c1ccccc1)C(=O)N(C)CCOc1ccccc1. The number of carbonyl (C=O) groups excluding carboxylic acids is 2. The summed E-state index contributed by atoms with van der Waals surface area (Å²) in [6.07, 6.45) is 0. The molecule has 2 rings (SSSR count). The van der Waals surface area contributed by atoms with Crippen LogP contribution in [0.1, 0.15) is 24.2 Å². The quantitative estimate of drug-likeness (QED) is 0.793. The van der Waals surface area contributed by atoms with E-state index in [0.717, 1.165) is 5.75 Å². The van der Waals surface area contributed by atoms with E-state index in [2.05, 4.69) is 5.32 Å². The van der Waals surface area contributed by atoms with Gasteiger partial charge in [0.25, 0.3) is 5.91 Å². The van der Waals surface area contributed by atoms with E-state index in [1.807, 2.05) is 50.2 Å². The monoisotopic (exact) mass is 354 g/mol. The molecule has 1 N–H and O–H groups in total. The zero-order valence-electron chi connectivity index (χ0n) is 15.5. The summed E-state index contributed by atoms with van der Waals surface area (Å²) in [5.41, 5.74) is 0.543. The van der Waals surface area contributed by atoms with Crippen LogP contribution in [0.25, 0.3) is 0 Å². The number of nitrogens with zero attached hydrogens (tertiary/aromatic N) is 1. The second-order valence-electron chi connectivity index (χ2n) is 6.48. The van der Waals surface area contributed by atoms with Crippen LogP contribution < -0.4 is 10.1 Å². The summed E-state index contributed by atoms with van der Waals surface area (Å²) in [6.45, 7) is 4.67. The van der Waals surface area contributed by atoms with Crippen molar-refractivity contribution in [3.05, 3.63) is 66.2 Å². The fourth-order valence-electron chi connectivity index (χ4n) is 2.49. The van der Waals surface area contributed by atoms with Crippen molar-refractivity contribution in [3.63, 3.8) is 0 Å². The minimum Gasteiger partial charge on any atom is -0.492 e. The van der Waals surface area contributed by atoms with E-state index in [9.17, 15) is 9.59 Å². The van der Waals surface area contributed by atoms with E-state index in [0.29, 0.717) is 18.7 Å². The van der Waals surface area contributed by atoms with Crippen molar-refractivity contribution >= 4 is 11.8 Å². The highest BCUT2D eigenvalue weighted by Gasteiger charge is 2.27. The average Bonchev–Trinajstić information content (AvgIpc) is 2.66. The van der Waals surface area contributed by atoms with Crippen LogP contribution in [0.15, 0.2) is 60.7 Å². The minimum absolute atomic E-state index is 0.0207. The predicted octanol–water partition coefficient (Wildman–Crippen LogP) is 2.98. The molecule has 5 heteroatoms. The molecular weight excluding hydrogens is 328 g/mol. The lowest BCUT2D eigenvalue weighted by Crippen LogP contribution is -2.50. The zero-order chi connectivity index (χ0) is 18.9. The first-order valence-electron chi connectivity index (χ1n) is 8.77. The number of ether oxygens (including phenoxy) is 1. The number of para-hydroxylation sites is 1. The van der Waals surface area contributed by atoms with Gasteiger partial charge >= 0.3 is 0 Å². The molecule has 0 spiro atoms. The van der Waals surface area contributed by atoms with Crippen LogP contribution in [-0.4, -0.2) is 43.0 Å². The van der Waals surface area contributed by atoms with E-state index in [-0.39, 0.29) is 17.7 Å². The molecule has 0 aliphatic rings. The second kappa shape index (κ2) is 9.61. The molecule has 0 aliphatic heterocycles. The first-order valence-corrected chi connectivity index (χ1v) is 8.77. The highest BCUT2D eigenvalue weighted by molar-refractivity contribution is 5.97. The molecule has 0 bridgehead atoms. The molecule has 138 valence electrons. The Morgan fingerprint density at radius 3 is 2.15 bits per heavy atom. The Hall–Kier alpha value is -2.82. The number of hydrogen-bond donors (Lipinski definition) is 1. The Morgan fingerprint density at radius 1 is 1.00 bits per heavy atom. The molecule has 0 aromatic heterocycles. The summed E-state index contributed by atoms with van der Waals surface area (Å²) in [4.78, 5) is 26.7. The Bertz CT molecular complexity index is 702. The number of nitrogens with one attached hydrogen (secondary N) is 1. The molecule has 0 heterocycles.